The van der Waals surface area contributed by atoms with E-state index in [0.29, 0.717) is 5.56 Å². The number of thiophene rings is 1. The van der Waals surface area contributed by atoms with Crippen LogP contribution in [0.5, 0.6) is 11.5 Å². The maximum absolute atomic E-state index is 13.5. The molecule has 0 aliphatic carbocycles. The second-order valence-electron chi connectivity index (χ2n) is 6.54. The van der Waals surface area contributed by atoms with Gasteiger partial charge in [-0.3, -0.25) is 4.79 Å². The van der Waals surface area contributed by atoms with Crippen molar-refractivity contribution in [3.63, 3.8) is 0 Å². The molecule has 0 saturated carbocycles. The Labute approximate surface area is 168 Å². The molecule has 1 heterocycles. The van der Waals surface area contributed by atoms with Crippen LogP contribution in [0.3, 0.4) is 0 Å². The quantitative estimate of drug-likeness (QED) is 0.386. The lowest BCUT2D eigenvalue weighted by molar-refractivity contribution is 0.104. The van der Waals surface area contributed by atoms with E-state index in [1.54, 1.807) is 25.6 Å². The Hall–Kier alpha value is -3.11. The summed E-state index contributed by atoms with van der Waals surface area (Å²) in [7, 11) is 3.29. The van der Waals surface area contributed by atoms with E-state index in [1.807, 2.05) is 67.6 Å². The van der Waals surface area contributed by atoms with E-state index in [9.17, 15) is 4.79 Å². The number of aryl methyl sites for hydroxylation is 1. The maximum atomic E-state index is 13.5. The summed E-state index contributed by atoms with van der Waals surface area (Å²) in [6.45, 7) is 1.95. The van der Waals surface area contributed by atoms with E-state index in [2.05, 4.69) is 6.07 Å². The lowest BCUT2D eigenvalue weighted by atomic mass is 9.96. The molecular weight excluding hydrogens is 368 g/mol. The van der Waals surface area contributed by atoms with Crippen LogP contribution in [0.15, 0.2) is 66.7 Å². The monoisotopic (exact) mass is 388 g/mol. The van der Waals surface area contributed by atoms with Crippen LogP contribution < -0.4 is 9.47 Å². The molecule has 0 N–H and O–H groups in total. The molecule has 0 saturated heterocycles. The summed E-state index contributed by atoms with van der Waals surface area (Å²) in [4.78, 5) is 14.5. The van der Waals surface area contributed by atoms with Crippen molar-refractivity contribution in [3.05, 3.63) is 83.4 Å². The van der Waals surface area contributed by atoms with Gasteiger partial charge in [0.1, 0.15) is 11.5 Å². The van der Waals surface area contributed by atoms with Gasteiger partial charge in [-0.1, -0.05) is 18.2 Å². The molecule has 0 atom stereocenters. The standard InChI is InChI=1S/C24H20O3S/c1-15-14-17(10-13-20(15)27-3)23(25)22-19-6-4-5-7-21(19)28-24(22)16-8-11-18(26-2)12-9-16/h4-14H,1-3H3. The van der Waals surface area contributed by atoms with Crippen LogP contribution in [0, 0.1) is 6.92 Å². The molecule has 3 nitrogen and oxygen atoms in total. The fourth-order valence-electron chi connectivity index (χ4n) is 3.38. The van der Waals surface area contributed by atoms with Crippen molar-refractivity contribution in [1.29, 1.82) is 0 Å². The summed E-state index contributed by atoms with van der Waals surface area (Å²) < 4.78 is 11.7. The summed E-state index contributed by atoms with van der Waals surface area (Å²) in [5, 5.41) is 0.983. The molecule has 28 heavy (non-hydrogen) atoms. The second-order valence-corrected chi connectivity index (χ2v) is 7.60. The molecule has 140 valence electrons. The van der Waals surface area contributed by atoms with Crippen molar-refractivity contribution in [1.82, 2.24) is 0 Å². The summed E-state index contributed by atoms with van der Waals surface area (Å²) in [6.07, 6.45) is 0. The molecule has 3 aromatic carbocycles. The Balaban J connectivity index is 1.89. The van der Waals surface area contributed by atoms with Crippen molar-refractivity contribution < 1.29 is 14.3 Å². The Morgan fingerprint density at radius 1 is 0.893 bits per heavy atom. The summed E-state index contributed by atoms with van der Waals surface area (Å²) in [6, 6.07) is 21.5. The average Bonchev–Trinajstić information content (AvgIpc) is 3.12. The number of ether oxygens (including phenoxy) is 2. The average molecular weight is 388 g/mol. The molecule has 0 unspecified atom stereocenters. The Morgan fingerprint density at radius 2 is 1.64 bits per heavy atom. The van der Waals surface area contributed by atoms with Crippen LogP contribution in [0.4, 0.5) is 0 Å². The number of hydrogen-bond acceptors (Lipinski definition) is 4. The Morgan fingerprint density at radius 3 is 2.32 bits per heavy atom. The van der Waals surface area contributed by atoms with Gasteiger partial charge in [0.2, 0.25) is 0 Å². The summed E-state index contributed by atoms with van der Waals surface area (Å²) in [5.41, 5.74) is 3.36. The zero-order valence-electron chi connectivity index (χ0n) is 16.0. The van der Waals surface area contributed by atoms with Gasteiger partial charge >= 0.3 is 0 Å². The maximum Gasteiger partial charge on any atom is 0.195 e. The Kier molecular flexibility index (Phi) is 4.88. The molecule has 0 radical (unpaired) electrons. The highest BCUT2D eigenvalue weighted by Crippen LogP contribution is 2.40. The van der Waals surface area contributed by atoms with E-state index in [4.69, 9.17) is 9.47 Å². The topological polar surface area (TPSA) is 35.5 Å². The number of carbonyl (C=O) groups is 1. The first-order chi connectivity index (χ1) is 13.6. The summed E-state index contributed by atoms with van der Waals surface area (Å²) >= 11 is 1.64. The molecule has 0 bridgehead atoms. The third kappa shape index (κ3) is 3.16. The first-order valence-corrected chi connectivity index (χ1v) is 9.79. The molecule has 4 heteroatoms. The predicted molar refractivity (Wildman–Crippen MR) is 115 cm³/mol. The molecule has 0 fully saturated rings. The number of ketones is 1. The van der Waals surface area contributed by atoms with Gasteiger partial charge in [0, 0.05) is 26.1 Å². The molecule has 1 aromatic heterocycles. The van der Waals surface area contributed by atoms with Crippen molar-refractivity contribution in [2.45, 2.75) is 6.92 Å². The number of hydrogen-bond donors (Lipinski definition) is 0. The number of methoxy groups -OCH3 is 2. The third-order valence-corrected chi connectivity index (χ3v) is 6.05. The van der Waals surface area contributed by atoms with E-state index in [0.717, 1.165) is 43.2 Å². The van der Waals surface area contributed by atoms with Gasteiger partial charge < -0.3 is 9.47 Å². The minimum Gasteiger partial charge on any atom is -0.497 e. The highest BCUT2D eigenvalue weighted by atomic mass is 32.1. The smallest absolute Gasteiger partial charge is 0.195 e. The van der Waals surface area contributed by atoms with Gasteiger partial charge in [0.25, 0.3) is 0 Å². The first-order valence-electron chi connectivity index (χ1n) is 8.97. The van der Waals surface area contributed by atoms with Gasteiger partial charge in [-0.2, -0.15) is 0 Å². The van der Waals surface area contributed by atoms with Crippen molar-refractivity contribution in [3.8, 4) is 21.9 Å². The molecule has 0 aliphatic rings. The molecule has 4 rings (SSSR count). The predicted octanol–water partition coefficient (Wildman–Crippen LogP) is 6.12. The molecule has 4 aromatic rings. The number of fused-ring (bicyclic) bond motifs is 1. The highest BCUT2D eigenvalue weighted by Gasteiger charge is 2.22. The minimum atomic E-state index is 0.0222. The van der Waals surface area contributed by atoms with E-state index in [-0.39, 0.29) is 5.78 Å². The van der Waals surface area contributed by atoms with Gasteiger partial charge in [0.05, 0.1) is 14.2 Å². The van der Waals surface area contributed by atoms with Crippen LogP contribution in [-0.4, -0.2) is 20.0 Å². The van der Waals surface area contributed by atoms with Gasteiger partial charge in [-0.15, -0.1) is 11.3 Å². The molecule has 0 spiro atoms. The molecular formula is C24H20O3S. The normalized spacial score (nSPS) is 10.8. The van der Waals surface area contributed by atoms with Gasteiger partial charge in [-0.25, -0.2) is 0 Å². The number of carbonyl (C=O) groups excluding carboxylic acids is 1. The lowest BCUT2D eigenvalue weighted by Gasteiger charge is -2.09. The lowest BCUT2D eigenvalue weighted by Crippen LogP contribution is -2.03. The zero-order valence-corrected chi connectivity index (χ0v) is 16.8. The van der Waals surface area contributed by atoms with Crippen molar-refractivity contribution in [2.75, 3.05) is 14.2 Å². The SMILES string of the molecule is COc1ccc(-c2sc3ccccc3c2C(=O)c2ccc(OC)c(C)c2)cc1. The van der Waals surface area contributed by atoms with E-state index < -0.39 is 0 Å². The fraction of sp³-hybridized carbons (Fsp3) is 0.125. The van der Waals surface area contributed by atoms with Crippen LogP contribution in [0.1, 0.15) is 21.5 Å². The third-order valence-electron chi connectivity index (χ3n) is 4.83. The first kappa shape index (κ1) is 18.3. The van der Waals surface area contributed by atoms with Crippen LogP contribution in [-0.2, 0) is 0 Å². The van der Waals surface area contributed by atoms with E-state index in [1.165, 1.54) is 0 Å². The molecule has 0 amide bonds. The van der Waals surface area contributed by atoms with E-state index >= 15 is 0 Å². The largest absolute Gasteiger partial charge is 0.497 e. The number of rotatable bonds is 5. The minimum absolute atomic E-state index is 0.0222. The zero-order chi connectivity index (χ0) is 19.7. The van der Waals surface area contributed by atoms with Crippen LogP contribution in [0.25, 0.3) is 20.5 Å². The molecule has 0 aliphatic heterocycles. The second kappa shape index (κ2) is 7.49. The van der Waals surface area contributed by atoms with Crippen molar-refractivity contribution in [2.24, 2.45) is 0 Å². The van der Waals surface area contributed by atoms with Gasteiger partial charge in [-0.05, 0) is 66.6 Å². The van der Waals surface area contributed by atoms with Crippen LogP contribution >= 0.6 is 11.3 Å². The number of benzene rings is 3. The van der Waals surface area contributed by atoms with Crippen molar-refractivity contribution >= 4 is 27.2 Å². The summed E-state index contributed by atoms with van der Waals surface area (Å²) in [5.74, 6) is 1.60. The highest BCUT2D eigenvalue weighted by molar-refractivity contribution is 7.22. The fourth-order valence-corrected chi connectivity index (χ4v) is 4.59. The Bertz CT molecular complexity index is 1160. The van der Waals surface area contributed by atoms with Crippen LogP contribution in [0.2, 0.25) is 0 Å². The van der Waals surface area contributed by atoms with Gasteiger partial charge in [0.15, 0.2) is 5.78 Å².